The molecule has 0 bridgehead atoms. The smallest absolute Gasteiger partial charge is 0.341 e. The van der Waals surface area contributed by atoms with Crippen molar-refractivity contribution >= 4 is 11.7 Å². The lowest BCUT2D eigenvalue weighted by atomic mass is 10.1. The second-order valence-corrected chi connectivity index (χ2v) is 5.43. The molecule has 6 nitrogen and oxygen atoms in total. The summed E-state index contributed by atoms with van der Waals surface area (Å²) in [7, 11) is 1.25. The van der Waals surface area contributed by atoms with E-state index in [0.29, 0.717) is 17.4 Å². The van der Waals surface area contributed by atoms with Crippen molar-refractivity contribution in [2.45, 2.75) is 20.8 Å². The third kappa shape index (κ3) is 5.79. The van der Waals surface area contributed by atoms with Gasteiger partial charge in [0.25, 0.3) is 0 Å². The van der Waals surface area contributed by atoms with Gasteiger partial charge in [-0.15, -0.1) is 5.10 Å². The lowest BCUT2D eigenvalue weighted by Gasteiger charge is -2.05. The van der Waals surface area contributed by atoms with E-state index >= 15 is 0 Å². The van der Waals surface area contributed by atoms with E-state index in [4.69, 9.17) is 9.84 Å². The molecule has 1 heterocycles. The molecule has 0 fully saturated rings. The van der Waals surface area contributed by atoms with Gasteiger partial charge in [-0.2, -0.15) is 0 Å². The highest BCUT2D eigenvalue weighted by Gasteiger charge is 2.11. The van der Waals surface area contributed by atoms with Crippen LogP contribution in [-0.4, -0.2) is 34.6 Å². The largest absolute Gasteiger partial charge is 0.515 e. The highest BCUT2D eigenvalue weighted by Crippen LogP contribution is 2.13. The Bertz CT molecular complexity index is 666. The van der Waals surface area contributed by atoms with Gasteiger partial charge in [0, 0.05) is 12.3 Å². The van der Waals surface area contributed by atoms with Crippen LogP contribution >= 0.6 is 0 Å². The third-order valence-corrected chi connectivity index (χ3v) is 3.11. The Balaban J connectivity index is 2.65. The summed E-state index contributed by atoms with van der Waals surface area (Å²) >= 11 is 0. The van der Waals surface area contributed by atoms with Crippen LogP contribution in [-0.2, 0) is 9.53 Å². The van der Waals surface area contributed by atoms with E-state index < -0.39 is 5.97 Å². The number of carbonyl (C=O) groups excluding carboxylic acids is 1. The average Bonchev–Trinajstić information content (AvgIpc) is 3.01. The first-order valence-electron chi connectivity index (χ1n) is 7.54. The van der Waals surface area contributed by atoms with Gasteiger partial charge < -0.3 is 14.6 Å². The average molecular weight is 332 g/mol. The van der Waals surface area contributed by atoms with Gasteiger partial charge in [-0.1, -0.05) is 26.5 Å². The zero-order valence-corrected chi connectivity index (χ0v) is 14.5. The van der Waals surface area contributed by atoms with Crippen molar-refractivity contribution < 1.29 is 19.4 Å². The molecule has 130 valence electrons. The predicted molar refractivity (Wildman–Crippen MR) is 93.5 cm³/mol. The van der Waals surface area contributed by atoms with Crippen LogP contribution in [0.4, 0.5) is 0 Å². The Morgan fingerprint density at radius 3 is 2.79 bits per heavy atom. The fraction of sp³-hybridized carbons (Fsp3) is 0.333. The molecule has 0 aliphatic rings. The molecule has 1 N–H and O–H groups in total. The summed E-state index contributed by atoms with van der Waals surface area (Å²) in [6.07, 6.45) is 8.07. The van der Waals surface area contributed by atoms with E-state index in [9.17, 15) is 4.79 Å². The first-order chi connectivity index (χ1) is 11.4. The first kappa shape index (κ1) is 19.3. The van der Waals surface area contributed by atoms with Crippen molar-refractivity contribution in [3.8, 4) is 5.88 Å². The number of hydrogen-bond donors (Lipinski definition) is 1. The number of aliphatic hydroxyl groups excluding tert-OH is 1. The van der Waals surface area contributed by atoms with Crippen LogP contribution in [0.25, 0.3) is 5.70 Å². The summed E-state index contributed by atoms with van der Waals surface area (Å²) < 4.78 is 11.7. The Kier molecular flexibility index (Phi) is 7.55. The maximum absolute atomic E-state index is 11.4. The fourth-order valence-electron chi connectivity index (χ4n) is 1.71. The molecule has 1 rings (SSSR count). The normalized spacial score (nSPS) is 12.7. The fourth-order valence-corrected chi connectivity index (χ4v) is 1.71. The van der Waals surface area contributed by atoms with Crippen LogP contribution in [0.5, 0.6) is 5.88 Å². The third-order valence-electron chi connectivity index (χ3n) is 3.11. The number of methoxy groups -OCH3 is 1. The number of ether oxygens (including phenoxy) is 2. The molecule has 0 aromatic carbocycles. The topological polar surface area (TPSA) is 73.6 Å². The van der Waals surface area contributed by atoms with E-state index in [-0.39, 0.29) is 12.2 Å². The number of esters is 1. The van der Waals surface area contributed by atoms with E-state index in [1.165, 1.54) is 7.11 Å². The van der Waals surface area contributed by atoms with Crippen molar-refractivity contribution in [3.63, 3.8) is 0 Å². The van der Waals surface area contributed by atoms with Crippen molar-refractivity contribution in [1.29, 1.82) is 0 Å². The van der Waals surface area contributed by atoms with E-state index in [0.717, 1.165) is 12.0 Å². The van der Waals surface area contributed by atoms with Gasteiger partial charge >= 0.3 is 5.97 Å². The van der Waals surface area contributed by atoms with E-state index in [1.54, 1.807) is 29.9 Å². The predicted octanol–water partition coefficient (Wildman–Crippen LogP) is 3.51. The summed E-state index contributed by atoms with van der Waals surface area (Å²) in [4.78, 5) is 11.4. The van der Waals surface area contributed by atoms with Gasteiger partial charge in [0.05, 0.1) is 24.6 Å². The number of rotatable bonds is 8. The van der Waals surface area contributed by atoms with Crippen LogP contribution in [0.1, 0.15) is 20.8 Å². The van der Waals surface area contributed by atoms with E-state index in [1.807, 2.05) is 12.2 Å². The number of aliphatic hydroxyl groups is 1. The van der Waals surface area contributed by atoms with Gasteiger partial charge in [0.2, 0.25) is 5.88 Å². The molecule has 6 heteroatoms. The molecule has 1 aromatic rings. The molecule has 0 aliphatic carbocycles. The molecule has 0 radical (unpaired) electrons. The Morgan fingerprint density at radius 1 is 1.50 bits per heavy atom. The first-order valence-corrected chi connectivity index (χ1v) is 7.54. The minimum Gasteiger partial charge on any atom is -0.515 e. The van der Waals surface area contributed by atoms with Crippen molar-refractivity contribution in [2.75, 3.05) is 13.7 Å². The minimum absolute atomic E-state index is 0.0822. The molecule has 0 spiro atoms. The van der Waals surface area contributed by atoms with Crippen LogP contribution in [0.15, 0.2) is 54.5 Å². The molecule has 0 aliphatic heterocycles. The highest BCUT2D eigenvalue weighted by atomic mass is 16.5. The molecule has 0 saturated heterocycles. The molecular weight excluding hydrogens is 308 g/mol. The molecule has 0 atom stereocenters. The highest BCUT2D eigenvalue weighted by molar-refractivity contribution is 5.92. The maximum atomic E-state index is 11.4. The lowest BCUT2D eigenvalue weighted by Crippen LogP contribution is -2.07. The maximum Gasteiger partial charge on any atom is 0.341 e. The Morgan fingerprint density at radius 2 is 2.21 bits per heavy atom. The van der Waals surface area contributed by atoms with Crippen LogP contribution in [0, 0.1) is 5.92 Å². The lowest BCUT2D eigenvalue weighted by molar-refractivity contribution is -0.135. The van der Waals surface area contributed by atoms with Crippen LogP contribution in [0.2, 0.25) is 0 Å². The zero-order valence-electron chi connectivity index (χ0n) is 14.5. The molecule has 24 heavy (non-hydrogen) atoms. The number of allylic oxidation sites excluding steroid dienone is 3. The van der Waals surface area contributed by atoms with Gasteiger partial charge in [0.15, 0.2) is 0 Å². The van der Waals surface area contributed by atoms with Crippen LogP contribution in [0.3, 0.4) is 0 Å². The van der Waals surface area contributed by atoms with Crippen molar-refractivity contribution in [2.24, 2.45) is 5.92 Å². The molecule has 1 aromatic heterocycles. The quantitative estimate of drug-likeness (QED) is 0.341. The summed E-state index contributed by atoms with van der Waals surface area (Å²) in [5, 5.41) is 13.4. The number of nitrogens with zero attached hydrogens (tertiary/aromatic N) is 2. The number of carbonyl (C=O) groups is 1. The standard InChI is InChI=1S/C18H24N2O4/c1-13(2)6-7-15(4)20-10-8-17(19-20)24-11-9-14(3)16(12-21)18(22)23-5/h6-10,12-13,21H,4,11H2,1-3,5H3/b7-6-,14-9-,16-12+. The molecule has 0 amide bonds. The summed E-state index contributed by atoms with van der Waals surface area (Å²) in [6, 6.07) is 1.72. The van der Waals surface area contributed by atoms with Crippen molar-refractivity contribution in [1.82, 2.24) is 9.78 Å². The molecular formula is C18H24N2O4. The number of hydrogen-bond acceptors (Lipinski definition) is 5. The minimum atomic E-state index is -0.608. The number of aromatic nitrogens is 2. The van der Waals surface area contributed by atoms with Crippen molar-refractivity contribution in [3.05, 3.63) is 54.5 Å². The SMILES string of the molecule is C=C(/C=C\C(C)C)n1ccc(OC/C=C(C)\C(=C/O)C(=O)OC)n1. The van der Waals surface area contributed by atoms with Gasteiger partial charge in [0.1, 0.15) is 6.61 Å². The van der Waals surface area contributed by atoms with Gasteiger partial charge in [-0.3, -0.25) is 0 Å². The van der Waals surface area contributed by atoms with Gasteiger partial charge in [-0.05, 0) is 30.6 Å². The Hall–Kier alpha value is -2.76. The van der Waals surface area contributed by atoms with E-state index in [2.05, 4.69) is 30.3 Å². The molecule has 0 saturated carbocycles. The summed E-state index contributed by atoms with van der Waals surface area (Å²) in [5.74, 6) is 0.263. The Labute approximate surface area is 142 Å². The second kappa shape index (κ2) is 9.39. The summed E-state index contributed by atoms with van der Waals surface area (Å²) in [6.45, 7) is 9.99. The second-order valence-electron chi connectivity index (χ2n) is 5.43. The summed E-state index contributed by atoms with van der Waals surface area (Å²) in [5.41, 5.74) is 1.37. The van der Waals surface area contributed by atoms with Crippen LogP contribution < -0.4 is 4.74 Å². The van der Waals surface area contributed by atoms with Gasteiger partial charge in [-0.25, -0.2) is 9.48 Å². The zero-order chi connectivity index (χ0) is 18.1. The monoisotopic (exact) mass is 332 g/mol. The molecule has 0 unspecified atom stereocenters.